The van der Waals surface area contributed by atoms with Gasteiger partial charge in [-0.1, -0.05) is 18.2 Å². The summed E-state index contributed by atoms with van der Waals surface area (Å²) >= 11 is 1.31. The Kier molecular flexibility index (Phi) is 8.96. The van der Waals surface area contributed by atoms with Crippen LogP contribution in [-0.2, 0) is 11.3 Å². The summed E-state index contributed by atoms with van der Waals surface area (Å²) in [6.07, 6.45) is 0. The Bertz CT molecular complexity index is 1220. The number of rotatable bonds is 8. The second-order valence-electron chi connectivity index (χ2n) is 9.44. The van der Waals surface area contributed by atoms with Crippen molar-refractivity contribution in [3.05, 3.63) is 82.3 Å². The van der Waals surface area contributed by atoms with E-state index < -0.39 is 0 Å². The van der Waals surface area contributed by atoms with Gasteiger partial charge in [-0.05, 0) is 67.3 Å². The summed E-state index contributed by atoms with van der Waals surface area (Å²) in [5, 5.41) is 7.61. The van der Waals surface area contributed by atoms with Crippen LogP contribution < -0.4 is 15.5 Å². The van der Waals surface area contributed by atoms with Gasteiger partial charge < -0.3 is 25.3 Å². The molecular formula is C28H32FN5O3S. The van der Waals surface area contributed by atoms with Gasteiger partial charge in [0.2, 0.25) is 5.91 Å². The molecule has 4 rings (SSSR count). The molecule has 1 fully saturated rings. The van der Waals surface area contributed by atoms with Crippen molar-refractivity contribution in [2.24, 2.45) is 0 Å². The highest BCUT2D eigenvalue weighted by molar-refractivity contribution is 7.12. The largest absolute Gasteiger partial charge is 0.368 e. The van der Waals surface area contributed by atoms with Crippen molar-refractivity contribution in [2.75, 3.05) is 42.9 Å². The number of anilines is 2. The van der Waals surface area contributed by atoms with Gasteiger partial charge in [-0.15, -0.1) is 11.3 Å². The minimum atomic E-state index is -0.357. The van der Waals surface area contributed by atoms with Crippen molar-refractivity contribution < 1.29 is 18.8 Å². The van der Waals surface area contributed by atoms with Gasteiger partial charge in [-0.2, -0.15) is 0 Å². The van der Waals surface area contributed by atoms with Crippen LogP contribution in [0.2, 0.25) is 0 Å². The van der Waals surface area contributed by atoms with Crippen LogP contribution in [0.4, 0.5) is 20.6 Å². The lowest BCUT2D eigenvalue weighted by Crippen LogP contribution is -2.52. The fourth-order valence-corrected chi connectivity index (χ4v) is 4.89. The molecule has 10 heteroatoms. The fraction of sp³-hybridized carbons (Fsp3) is 0.321. The van der Waals surface area contributed by atoms with Gasteiger partial charge >= 0.3 is 6.03 Å². The van der Waals surface area contributed by atoms with Crippen molar-refractivity contribution in [2.45, 2.75) is 26.4 Å². The zero-order valence-corrected chi connectivity index (χ0v) is 22.3. The average Bonchev–Trinajstić information content (AvgIpc) is 3.44. The highest BCUT2D eigenvalue weighted by Gasteiger charge is 2.22. The maximum atomic E-state index is 13.3. The Morgan fingerprint density at radius 1 is 0.974 bits per heavy atom. The van der Waals surface area contributed by atoms with Crippen LogP contribution >= 0.6 is 11.3 Å². The van der Waals surface area contributed by atoms with E-state index >= 15 is 0 Å². The molecule has 4 amide bonds. The molecule has 0 saturated carbocycles. The van der Waals surface area contributed by atoms with E-state index in [9.17, 15) is 18.8 Å². The number of carbonyl (C=O) groups excluding carboxylic acids is 3. The topological polar surface area (TPSA) is 85.0 Å². The van der Waals surface area contributed by atoms with E-state index in [4.69, 9.17) is 0 Å². The first-order chi connectivity index (χ1) is 18.3. The minimum absolute atomic E-state index is 0.0382. The van der Waals surface area contributed by atoms with Gasteiger partial charge in [0.1, 0.15) is 12.4 Å². The number of carbonyl (C=O) groups is 3. The summed E-state index contributed by atoms with van der Waals surface area (Å²) in [5.74, 6) is -0.935. The molecule has 0 atom stereocenters. The Balaban J connectivity index is 1.34. The number of piperazine rings is 1. The van der Waals surface area contributed by atoms with Crippen LogP contribution in [0.25, 0.3) is 0 Å². The number of amides is 4. The number of urea groups is 1. The van der Waals surface area contributed by atoms with E-state index in [1.54, 1.807) is 24.3 Å². The molecule has 0 unspecified atom stereocenters. The van der Waals surface area contributed by atoms with Crippen molar-refractivity contribution in [3.8, 4) is 0 Å². The van der Waals surface area contributed by atoms with Crippen LogP contribution in [0.15, 0.2) is 66.0 Å². The van der Waals surface area contributed by atoms with Gasteiger partial charge in [-0.25, -0.2) is 9.18 Å². The van der Waals surface area contributed by atoms with E-state index in [0.717, 1.165) is 24.3 Å². The Labute approximate surface area is 226 Å². The maximum absolute atomic E-state index is 13.3. The van der Waals surface area contributed by atoms with E-state index in [1.165, 1.54) is 28.4 Å². The van der Waals surface area contributed by atoms with Gasteiger partial charge in [0.25, 0.3) is 5.91 Å². The lowest BCUT2D eigenvalue weighted by Gasteiger charge is -2.36. The molecule has 2 N–H and O–H groups in total. The Hall–Kier alpha value is -3.92. The predicted molar refractivity (Wildman–Crippen MR) is 148 cm³/mol. The van der Waals surface area contributed by atoms with Crippen LogP contribution in [0, 0.1) is 5.82 Å². The van der Waals surface area contributed by atoms with Gasteiger partial charge in [0.15, 0.2) is 0 Å². The van der Waals surface area contributed by atoms with E-state index in [0.29, 0.717) is 23.7 Å². The van der Waals surface area contributed by atoms with Gasteiger partial charge in [0, 0.05) is 50.1 Å². The summed E-state index contributed by atoms with van der Waals surface area (Å²) in [7, 11) is 0. The zero-order chi connectivity index (χ0) is 27.1. The maximum Gasteiger partial charge on any atom is 0.317 e. The molecule has 3 aromatic rings. The molecule has 2 aromatic carbocycles. The molecule has 0 aliphatic carbocycles. The van der Waals surface area contributed by atoms with E-state index in [1.807, 2.05) is 48.4 Å². The summed E-state index contributed by atoms with van der Waals surface area (Å²) in [6.45, 7) is 6.65. The standard InChI is InChI=1S/C28H32FN5O3S/c1-20(2)30-28(37)33-15-13-32(14-16-33)24-11-9-23(10-12-24)31-26(35)19-34(27(36)25-4-3-17-38-25)18-21-5-7-22(29)8-6-21/h3-12,17,20H,13-16,18-19H2,1-2H3,(H,30,37)(H,31,35). The monoisotopic (exact) mass is 537 g/mol. The lowest BCUT2D eigenvalue weighted by molar-refractivity contribution is -0.117. The highest BCUT2D eigenvalue weighted by Crippen LogP contribution is 2.20. The normalized spacial score (nSPS) is 13.4. The summed E-state index contributed by atoms with van der Waals surface area (Å²) in [6, 6.07) is 17.0. The second kappa shape index (κ2) is 12.6. The quantitative estimate of drug-likeness (QED) is 0.446. The molecular weight excluding hydrogens is 505 g/mol. The van der Waals surface area contributed by atoms with E-state index in [2.05, 4.69) is 15.5 Å². The number of thiophene rings is 1. The summed E-state index contributed by atoms with van der Waals surface area (Å²) < 4.78 is 13.3. The number of halogens is 1. The third-order valence-electron chi connectivity index (χ3n) is 6.14. The molecule has 1 aromatic heterocycles. The van der Waals surface area contributed by atoms with E-state index in [-0.39, 0.29) is 42.8 Å². The molecule has 1 aliphatic heterocycles. The number of nitrogens with zero attached hydrogens (tertiary/aromatic N) is 3. The van der Waals surface area contributed by atoms with Crippen molar-refractivity contribution in [1.82, 2.24) is 15.1 Å². The van der Waals surface area contributed by atoms with Crippen molar-refractivity contribution >= 4 is 40.6 Å². The number of benzene rings is 2. The third-order valence-corrected chi connectivity index (χ3v) is 6.99. The second-order valence-corrected chi connectivity index (χ2v) is 10.4. The van der Waals surface area contributed by atoms with Crippen molar-refractivity contribution in [1.29, 1.82) is 0 Å². The SMILES string of the molecule is CC(C)NC(=O)N1CCN(c2ccc(NC(=O)CN(Cc3ccc(F)cc3)C(=O)c3cccs3)cc2)CC1. The molecule has 2 heterocycles. The number of hydrogen-bond acceptors (Lipinski definition) is 5. The highest BCUT2D eigenvalue weighted by atomic mass is 32.1. The first kappa shape index (κ1) is 27.1. The smallest absolute Gasteiger partial charge is 0.317 e. The van der Waals surface area contributed by atoms with Crippen LogP contribution in [0.5, 0.6) is 0 Å². The Morgan fingerprint density at radius 3 is 2.26 bits per heavy atom. The minimum Gasteiger partial charge on any atom is -0.368 e. The molecule has 1 aliphatic rings. The molecule has 200 valence electrons. The van der Waals surface area contributed by atoms with Gasteiger partial charge in [-0.3, -0.25) is 9.59 Å². The number of hydrogen-bond donors (Lipinski definition) is 2. The molecule has 0 bridgehead atoms. The molecule has 8 nitrogen and oxygen atoms in total. The first-order valence-electron chi connectivity index (χ1n) is 12.6. The fourth-order valence-electron chi connectivity index (χ4n) is 4.20. The van der Waals surface area contributed by atoms with Crippen molar-refractivity contribution in [3.63, 3.8) is 0 Å². The van der Waals surface area contributed by atoms with Gasteiger partial charge in [0.05, 0.1) is 4.88 Å². The first-order valence-corrected chi connectivity index (χ1v) is 13.4. The number of nitrogens with one attached hydrogen (secondary N) is 2. The van der Waals surface area contributed by atoms with Crippen LogP contribution in [0.3, 0.4) is 0 Å². The summed E-state index contributed by atoms with van der Waals surface area (Å²) in [5.41, 5.74) is 2.37. The van der Waals surface area contributed by atoms with Crippen LogP contribution in [0.1, 0.15) is 29.1 Å². The third kappa shape index (κ3) is 7.32. The average molecular weight is 538 g/mol. The molecule has 1 saturated heterocycles. The predicted octanol–water partition coefficient (Wildman–Crippen LogP) is 4.41. The zero-order valence-electron chi connectivity index (χ0n) is 21.5. The molecule has 38 heavy (non-hydrogen) atoms. The summed E-state index contributed by atoms with van der Waals surface area (Å²) in [4.78, 5) is 44.2. The molecule has 0 spiro atoms. The van der Waals surface area contributed by atoms with Crippen LogP contribution in [-0.4, -0.2) is 66.4 Å². The lowest BCUT2D eigenvalue weighted by atomic mass is 10.2. The molecule has 0 radical (unpaired) electrons. The Morgan fingerprint density at radius 2 is 1.66 bits per heavy atom.